The summed E-state index contributed by atoms with van der Waals surface area (Å²) in [5.74, 6) is 0.154. The van der Waals surface area contributed by atoms with Gasteiger partial charge >= 0.3 is 0 Å². The van der Waals surface area contributed by atoms with Crippen LogP contribution in [0.4, 0.5) is 0 Å². The van der Waals surface area contributed by atoms with Gasteiger partial charge < -0.3 is 14.2 Å². The molecule has 1 aromatic rings. The van der Waals surface area contributed by atoms with Crippen LogP contribution in [0.3, 0.4) is 0 Å². The minimum Gasteiger partial charge on any atom is -0.494 e. The first-order chi connectivity index (χ1) is 15.1. The molecule has 1 aromatic carbocycles. The maximum Gasteiger partial charge on any atom is 0.265 e. The Hall–Kier alpha value is -1.68. The van der Waals surface area contributed by atoms with Crippen LogP contribution in [0.25, 0.3) is 0 Å². The second kappa shape index (κ2) is 11.4. The maximum atomic E-state index is 13.2. The maximum absolute atomic E-state index is 13.2. The monoisotopic (exact) mass is 471 g/mol. The molecule has 0 radical (unpaired) electrons. The van der Waals surface area contributed by atoms with Gasteiger partial charge in [-0.25, -0.2) is 13.9 Å². The van der Waals surface area contributed by atoms with Crippen molar-refractivity contribution in [3.8, 4) is 5.75 Å². The average molecular weight is 472 g/mol. The van der Waals surface area contributed by atoms with Gasteiger partial charge in [0.05, 0.1) is 17.1 Å². The molecule has 8 nitrogen and oxygen atoms in total. The van der Waals surface area contributed by atoms with Crippen molar-refractivity contribution in [1.29, 1.82) is 0 Å². The van der Waals surface area contributed by atoms with Gasteiger partial charge in [0.25, 0.3) is 5.91 Å². The van der Waals surface area contributed by atoms with Crippen molar-refractivity contribution in [3.05, 3.63) is 24.3 Å². The van der Waals surface area contributed by atoms with Gasteiger partial charge in [-0.15, -0.1) is 0 Å². The van der Waals surface area contributed by atoms with Gasteiger partial charge in [-0.1, -0.05) is 19.8 Å². The van der Waals surface area contributed by atoms with Gasteiger partial charge in [0.15, 0.2) is 14.6 Å². The van der Waals surface area contributed by atoms with Crippen molar-refractivity contribution in [1.82, 2.24) is 5.48 Å². The number of hydrogen-bond donors (Lipinski definition) is 2. The molecule has 9 heteroatoms. The van der Waals surface area contributed by atoms with Crippen molar-refractivity contribution >= 4 is 15.7 Å². The van der Waals surface area contributed by atoms with E-state index in [0.717, 1.165) is 25.7 Å². The summed E-state index contributed by atoms with van der Waals surface area (Å²) in [4.78, 5) is 12.3. The van der Waals surface area contributed by atoms with Gasteiger partial charge in [-0.3, -0.25) is 10.0 Å². The van der Waals surface area contributed by atoms with Crippen LogP contribution >= 0.6 is 0 Å². The van der Waals surface area contributed by atoms with Crippen LogP contribution in [0.5, 0.6) is 5.75 Å². The van der Waals surface area contributed by atoms with Gasteiger partial charge in [-0.2, -0.15) is 0 Å². The smallest absolute Gasteiger partial charge is 0.265 e. The summed E-state index contributed by atoms with van der Waals surface area (Å²) < 4.78 is 41.2. The standard InChI is InChI=1S/C23H37NO7S/c1-18(6-5-12-22(2,3)29-4)11-15-31-19-7-9-20(10-8-19)32(27,28)23(21(25)24-26)13-16-30-17-14-23/h7-10,18,26H,5-6,11-17H2,1-4H3,(H,24,25). The summed E-state index contributed by atoms with van der Waals surface area (Å²) >= 11 is 0. The molecule has 1 fully saturated rings. The SMILES string of the molecule is COC(C)(C)CCCC(C)CCOc1ccc(S(=O)(=O)C2(C(=O)NO)CCOCC2)cc1. The van der Waals surface area contributed by atoms with Crippen LogP contribution in [-0.4, -0.2) is 56.8 Å². The number of hydrogen-bond acceptors (Lipinski definition) is 7. The predicted octanol–water partition coefficient (Wildman–Crippen LogP) is 3.52. The highest BCUT2D eigenvalue weighted by Gasteiger charge is 2.52. The minimum atomic E-state index is -4.03. The fourth-order valence-electron chi connectivity index (χ4n) is 3.86. The van der Waals surface area contributed by atoms with E-state index in [2.05, 4.69) is 20.8 Å². The van der Waals surface area contributed by atoms with E-state index in [1.165, 1.54) is 17.6 Å². The lowest BCUT2D eigenvalue weighted by molar-refractivity contribution is -0.134. The van der Waals surface area contributed by atoms with E-state index >= 15 is 0 Å². The van der Waals surface area contributed by atoms with Gasteiger partial charge in [0.1, 0.15) is 5.75 Å². The third kappa shape index (κ3) is 6.43. The zero-order chi connectivity index (χ0) is 23.8. The lowest BCUT2D eigenvalue weighted by atomic mass is 9.95. The van der Waals surface area contributed by atoms with E-state index in [0.29, 0.717) is 18.3 Å². The average Bonchev–Trinajstić information content (AvgIpc) is 2.79. The quantitative estimate of drug-likeness (QED) is 0.354. The number of hydroxylamine groups is 1. The number of carbonyl (C=O) groups excluding carboxylic acids is 1. The molecule has 1 amide bonds. The number of carbonyl (C=O) groups is 1. The Labute approximate surface area is 191 Å². The first kappa shape index (κ1) is 26.6. The van der Waals surface area contributed by atoms with E-state index in [9.17, 15) is 13.2 Å². The Balaban J connectivity index is 1.93. The van der Waals surface area contributed by atoms with E-state index < -0.39 is 20.5 Å². The summed E-state index contributed by atoms with van der Waals surface area (Å²) in [5.41, 5.74) is 1.42. The first-order valence-electron chi connectivity index (χ1n) is 11.1. The molecule has 0 aromatic heterocycles. The fraction of sp³-hybridized carbons (Fsp3) is 0.696. The number of rotatable bonds is 12. The zero-order valence-electron chi connectivity index (χ0n) is 19.6. The molecule has 2 N–H and O–H groups in total. The molecular weight excluding hydrogens is 434 g/mol. The zero-order valence-corrected chi connectivity index (χ0v) is 20.4. The van der Waals surface area contributed by atoms with Gasteiger partial charge in [0, 0.05) is 20.3 Å². The number of methoxy groups -OCH3 is 1. The Morgan fingerprint density at radius 2 is 1.84 bits per heavy atom. The van der Waals surface area contributed by atoms with Gasteiger partial charge in [0.2, 0.25) is 0 Å². The molecule has 0 spiro atoms. The predicted molar refractivity (Wildman–Crippen MR) is 121 cm³/mol. The fourth-order valence-corrected chi connectivity index (χ4v) is 5.80. The molecule has 2 rings (SSSR count). The van der Waals surface area contributed by atoms with Crippen LogP contribution in [-0.2, 0) is 24.1 Å². The molecule has 0 saturated carbocycles. The van der Waals surface area contributed by atoms with Crippen molar-refractivity contribution in [3.63, 3.8) is 0 Å². The highest BCUT2D eigenvalue weighted by atomic mass is 32.2. The summed E-state index contributed by atoms with van der Waals surface area (Å²) in [7, 11) is -2.29. The number of ether oxygens (including phenoxy) is 3. The molecule has 0 aliphatic carbocycles. The van der Waals surface area contributed by atoms with Crippen molar-refractivity contribution in [2.45, 2.75) is 74.5 Å². The lowest BCUT2D eigenvalue weighted by Crippen LogP contribution is -2.54. The highest BCUT2D eigenvalue weighted by molar-refractivity contribution is 7.93. The van der Waals surface area contributed by atoms with Crippen LogP contribution in [0.1, 0.15) is 59.3 Å². The molecular formula is C23H37NO7S. The molecule has 1 saturated heterocycles. The number of benzene rings is 1. The second-order valence-electron chi connectivity index (χ2n) is 9.12. The van der Waals surface area contributed by atoms with E-state index in [-0.39, 0.29) is 36.6 Å². The molecule has 0 bridgehead atoms. The second-order valence-corrected chi connectivity index (χ2v) is 11.4. The Kier molecular flexibility index (Phi) is 9.51. The van der Waals surface area contributed by atoms with E-state index in [1.807, 2.05) is 0 Å². The summed E-state index contributed by atoms with van der Waals surface area (Å²) in [6.45, 7) is 7.17. The number of amides is 1. The lowest BCUT2D eigenvalue weighted by Gasteiger charge is -2.34. The Morgan fingerprint density at radius 1 is 1.22 bits per heavy atom. The molecule has 1 aliphatic heterocycles. The molecule has 1 atom stereocenters. The normalized spacial score (nSPS) is 17.5. The summed E-state index contributed by atoms with van der Waals surface area (Å²) in [6.07, 6.45) is 4.05. The van der Waals surface area contributed by atoms with E-state index in [4.69, 9.17) is 19.4 Å². The van der Waals surface area contributed by atoms with Crippen molar-refractivity contribution in [2.75, 3.05) is 26.9 Å². The minimum absolute atomic E-state index is 0.0145. The first-order valence-corrected chi connectivity index (χ1v) is 12.6. The molecule has 1 heterocycles. The molecule has 182 valence electrons. The Morgan fingerprint density at radius 3 is 2.41 bits per heavy atom. The van der Waals surface area contributed by atoms with Gasteiger partial charge in [-0.05, 0) is 69.7 Å². The largest absolute Gasteiger partial charge is 0.494 e. The third-order valence-corrected chi connectivity index (χ3v) is 8.89. The van der Waals surface area contributed by atoms with Crippen molar-refractivity contribution < 1.29 is 32.6 Å². The van der Waals surface area contributed by atoms with Crippen molar-refractivity contribution in [2.24, 2.45) is 5.92 Å². The Bertz CT molecular complexity index is 830. The molecule has 32 heavy (non-hydrogen) atoms. The van der Waals surface area contributed by atoms with Crippen LogP contribution < -0.4 is 10.2 Å². The molecule has 1 aliphatic rings. The third-order valence-electron chi connectivity index (χ3n) is 6.37. The summed E-state index contributed by atoms with van der Waals surface area (Å²) in [5, 5.41) is 9.12. The van der Waals surface area contributed by atoms with Crippen LogP contribution in [0, 0.1) is 5.92 Å². The summed E-state index contributed by atoms with van der Waals surface area (Å²) in [6, 6.07) is 6.09. The highest BCUT2D eigenvalue weighted by Crippen LogP contribution is 2.35. The topological polar surface area (TPSA) is 111 Å². The number of nitrogens with one attached hydrogen (secondary N) is 1. The number of sulfone groups is 1. The van der Waals surface area contributed by atoms with Crippen LogP contribution in [0.2, 0.25) is 0 Å². The van der Waals surface area contributed by atoms with E-state index in [1.54, 1.807) is 19.2 Å². The van der Waals surface area contributed by atoms with Crippen LogP contribution in [0.15, 0.2) is 29.2 Å². The molecule has 1 unspecified atom stereocenters.